The van der Waals surface area contributed by atoms with Crippen LogP contribution in [0.3, 0.4) is 0 Å². The van der Waals surface area contributed by atoms with Gasteiger partial charge in [-0.15, -0.1) is 17.5 Å². The third-order valence-electron chi connectivity index (χ3n) is 7.10. The van der Waals surface area contributed by atoms with Crippen molar-refractivity contribution in [3.8, 4) is 34.3 Å². The minimum atomic E-state index is 0. The van der Waals surface area contributed by atoms with Gasteiger partial charge >= 0.3 is 0 Å². The number of hydrogen-bond donors (Lipinski definition) is 1. The Morgan fingerprint density at radius 2 is 1.62 bits per heavy atom. The number of phenolic OH excluding ortho intramolecular Hbond substituents is 1. The standard InChI is InChI=1S/C34H24N3O2.Pt/c1-21-16-17-35-31(18-21)37-28-11-7-6-10-26(28)27-13-12-24(20-29(27)37)39-32-19-22(2)33-25(23-8-4-3-5-9-23)14-15-30(38)34(33)36-32;/h3-19,38H,1-2H3;/q-1;. The predicted molar refractivity (Wildman–Crippen MR) is 156 cm³/mol. The van der Waals surface area contributed by atoms with Crippen LogP contribution in [0.2, 0.25) is 0 Å². The molecule has 1 N–H and O–H groups in total. The van der Waals surface area contributed by atoms with Crippen molar-refractivity contribution in [3.63, 3.8) is 0 Å². The molecule has 0 saturated carbocycles. The van der Waals surface area contributed by atoms with Gasteiger partial charge in [0, 0.05) is 50.0 Å². The average molecular weight is 702 g/mol. The quantitative estimate of drug-likeness (QED) is 0.188. The Kier molecular flexibility index (Phi) is 6.61. The fourth-order valence-corrected chi connectivity index (χ4v) is 5.33. The monoisotopic (exact) mass is 701 g/mol. The largest absolute Gasteiger partial charge is 0.506 e. The van der Waals surface area contributed by atoms with Crippen LogP contribution in [0.1, 0.15) is 11.1 Å². The van der Waals surface area contributed by atoms with Crippen molar-refractivity contribution in [3.05, 3.63) is 120 Å². The summed E-state index contributed by atoms with van der Waals surface area (Å²) in [7, 11) is 0. The maximum absolute atomic E-state index is 10.7. The second-order valence-electron chi connectivity index (χ2n) is 9.73. The van der Waals surface area contributed by atoms with Gasteiger partial charge in [0.2, 0.25) is 5.88 Å². The molecular weight excluding hydrogens is 677 g/mol. The van der Waals surface area contributed by atoms with E-state index in [1.54, 1.807) is 6.07 Å². The van der Waals surface area contributed by atoms with Gasteiger partial charge in [-0.25, -0.2) is 9.97 Å². The topological polar surface area (TPSA) is 60.2 Å². The van der Waals surface area contributed by atoms with E-state index in [0.717, 1.165) is 55.3 Å². The van der Waals surface area contributed by atoms with Crippen LogP contribution < -0.4 is 4.74 Å². The van der Waals surface area contributed by atoms with Gasteiger partial charge in [0.15, 0.2) is 0 Å². The van der Waals surface area contributed by atoms with E-state index in [1.165, 1.54) is 0 Å². The summed E-state index contributed by atoms with van der Waals surface area (Å²) in [6, 6.07) is 35.4. The summed E-state index contributed by atoms with van der Waals surface area (Å²) in [5.41, 5.74) is 6.61. The molecule has 0 amide bonds. The first-order chi connectivity index (χ1) is 19.1. The molecule has 0 radical (unpaired) electrons. The zero-order valence-corrected chi connectivity index (χ0v) is 24.1. The molecule has 3 aromatic heterocycles. The molecule has 40 heavy (non-hydrogen) atoms. The number of nitrogens with zero attached hydrogens (tertiary/aromatic N) is 3. The molecule has 0 atom stereocenters. The van der Waals surface area contributed by atoms with Gasteiger partial charge in [-0.2, -0.15) is 6.07 Å². The van der Waals surface area contributed by atoms with Crippen molar-refractivity contribution >= 4 is 32.7 Å². The first kappa shape index (κ1) is 25.8. The SMILES string of the molecule is Cc1ccnc(-n2c3[c-]c(Oc4cc(C)c5c(-c6ccccc6)ccc(O)c5n4)ccc3c3ccccc32)c1.[Pt]. The van der Waals surface area contributed by atoms with Gasteiger partial charge in [0.25, 0.3) is 0 Å². The molecule has 5 nitrogen and oxygen atoms in total. The van der Waals surface area contributed by atoms with E-state index < -0.39 is 0 Å². The van der Waals surface area contributed by atoms with E-state index in [-0.39, 0.29) is 26.8 Å². The molecule has 0 aliphatic carbocycles. The third kappa shape index (κ3) is 4.33. The number of para-hydroxylation sites is 1. The maximum atomic E-state index is 10.7. The van der Waals surface area contributed by atoms with Crippen LogP contribution >= 0.6 is 0 Å². The molecule has 198 valence electrons. The fraction of sp³-hybridized carbons (Fsp3) is 0.0588. The summed E-state index contributed by atoms with van der Waals surface area (Å²) in [6.45, 7) is 4.07. The Hall–Kier alpha value is -4.47. The number of rotatable bonds is 4. The van der Waals surface area contributed by atoms with E-state index in [4.69, 9.17) is 9.72 Å². The Bertz CT molecular complexity index is 2030. The van der Waals surface area contributed by atoms with Gasteiger partial charge in [0.05, 0.1) is 0 Å². The summed E-state index contributed by atoms with van der Waals surface area (Å²) in [5.74, 6) is 1.87. The number of pyridine rings is 2. The molecule has 3 heterocycles. The first-order valence-corrected chi connectivity index (χ1v) is 12.8. The van der Waals surface area contributed by atoms with Crippen LogP contribution in [0.5, 0.6) is 17.4 Å². The van der Waals surface area contributed by atoms with E-state index in [2.05, 4.69) is 58.9 Å². The number of ether oxygens (including phenoxy) is 1. The smallest absolute Gasteiger partial charge is 0.217 e. The molecule has 0 saturated heterocycles. The number of fused-ring (bicyclic) bond motifs is 4. The number of aromatic nitrogens is 3. The van der Waals surface area contributed by atoms with Crippen molar-refractivity contribution in [2.45, 2.75) is 13.8 Å². The second-order valence-corrected chi connectivity index (χ2v) is 9.73. The summed E-state index contributed by atoms with van der Waals surface area (Å²) in [4.78, 5) is 9.37. The molecule has 0 aliphatic rings. The minimum absolute atomic E-state index is 0. The van der Waals surface area contributed by atoms with E-state index in [0.29, 0.717) is 17.1 Å². The fourth-order valence-electron chi connectivity index (χ4n) is 5.33. The van der Waals surface area contributed by atoms with E-state index in [9.17, 15) is 5.11 Å². The summed E-state index contributed by atoms with van der Waals surface area (Å²) < 4.78 is 8.39. The molecule has 0 aliphatic heterocycles. The zero-order valence-electron chi connectivity index (χ0n) is 21.8. The summed E-state index contributed by atoms with van der Waals surface area (Å²) >= 11 is 0. The van der Waals surface area contributed by atoms with Crippen molar-refractivity contribution in [2.24, 2.45) is 0 Å². The van der Waals surface area contributed by atoms with Crippen molar-refractivity contribution < 1.29 is 30.9 Å². The molecule has 0 fully saturated rings. The third-order valence-corrected chi connectivity index (χ3v) is 7.10. The van der Waals surface area contributed by atoms with Crippen molar-refractivity contribution in [1.82, 2.24) is 14.5 Å². The number of aromatic hydroxyl groups is 1. The van der Waals surface area contributed by atoms with Gasteiger partial charge in [-0.3, -0.25) is 0 Å². The van der Waals surface area contributed by atoms with Crippen molar-refractivity contribution in [1.29, 1.82) is 0 Å². The van der Waals surface area contributed by atoms with E-state index in [1.807, 2.05) is 67.7 Å². The summed E-state index contributed by atoms with van der Waals surface area (Å²) in [5, 5.41) is 13.8. The van der Waals surface area contributed by atoms with Gasteiger partial charge in [-0.1, -0.05) is 54.0 Å². The van der Waals surface area contributed by atoms with Crippen LogP contribution in [0.4, 0.5) is 0 Å². The Balaban J connectivity index is 0.00000289. The molecule has 0 unspecified atom stereocenters. The number of hydrogen-bond acceptors (Lipinski definition) is 4. The van der Waals surface area contributed by atoms with Crippen molar-refractivity contribution in [2.75, 3.05) is 0 Å². The number of benzene rings is 4. The number of phenols is 1. The predicted octanol–water partition coefficient (Wildman–Crippen LogP) is 8.31. The van der Waals surface area contributed by atoms with Gasteiger partial charge in [0.1, 0.15) is 17.1 Å². The average Bonchev–Trinajstić information content (AvgIpc) is 3.28. The Morgan fingerprint density at radius 1 is 0.825 bits per heavy atom. The molecular formula is C34H24N3O2Pt-. The van der Waals surface area contributed by atoms with Crippen LogP contribution in [-0.4, -0.2) is 19.6 Å². The Labute approximate surface area is 246 Å². The Morgan fingerprint density at radius 3 is 2.45 bits per heavy atom. The molecule has 7 rings (SSSR count). The minimum Gasteiger partial charge on any atom is -0.506 e. The molecule has 0 spiro atoms. The van der Waals surface area contributed by atoms with Gasteiger partial charge in [-0.05, 0) is 71.8 Å². The summed E-state index contributed by atoms with van der Waals surface area (Å²) in [6.07, 6.45) is 1.82. The van der Waals surface area contributed by atoms with Gasteiger partial charge < -0.3 is 14.4 Å². The van der Waals surface area contributed by atoms with Crippen LogP contribution in [-0.2, 0) is 21.1 Å². The van der Waals surface area contributed by atoms with Crippen LogP contribution in [0.25, 0.3) is 49.7 Å². The van der Waals surface area contributed by atoms with Crippen LogP contribution in [0, 0.1) is 19.9 Å². The second kappa shape index (κ2) is 10.3. The van der Waals surface area contributed by atoms with E-state index >= 15 is 0 Å². The normalized spacial score (nSPS) is 11.2. The number of aryl methyl sites for hydroxylation is 2. The molecule has 6 heteroatoms. The molecule has 0 bridgehead atoms. The van der Waals surface area contributed by atoms with Crippen LogP contribution in [0.15, 0.2) is 103 Å². The zero-order chi connectivity index (χ0) is 26.5. The molecule has 4 aromatic carbocycles. The molecule has 7 aromatic rings. The maximum Gasteiger partial charge on any atom is 0.217 e. The first-order valence-electron chi connectivity index (χ1n) is 12.8.